The number of rotatable bonds is 5. The molecule has 0 aliphatic rings. The summed E-state index contributed by atoms with van der Waals surface area (Å²) >= 11 is 0. The van der Waals surface area contributed by atoms with Gasteiger partial charge in [-0.25, -0.2) is 4.98 Å². The van der Waals surface area contributed by atoms with Crippen molar-refractivity contribution in [2.75, 3.05) is 13.6 Å². The number of carbonyl (C=O) groups is 1. The Bertz CT molecular complexity index is 918. The number of hydrogen-bond donors (Lipinski definition) is 0. The van der Waals surface area contributed by atoms with E-state index in [2.05, 4.69) is 55.7 Å². The molecule has 1 heterocycles. The monoisotopic (exact) mass is 345 g/mol. The van der Waals surface area contributed by atoms with Crippen LogP contribution in [0.1, 0.15) is 21.6 Å². The molecule has 4 heteroatoms. The highest BCUT2D eigenvalue weighted by Gasteiger charge is 2.16. The molecule has 1 aromatic heterocycles. The number of nitrogens with zero attached hydrogens (tertiary/aromatic N) is 3. The lowest BCUT2D eigenvalue weighted by atomic mass is 10.0. The van der Waals surface area contributed by atoms with E-state index in [0.29, 0.717) is 12.2 Å². The van der Waals surface area contributed by atoms with Gasteiger partial charge >= 0.3 is 0 Å². The van der Waals surface area contributed by atoms with E-state index in [9.17, 15) is 4.79 Å². The predicted molar refractivity (Wildman–Crippen MR) is 106 cm³/mol. The third kappa shape index (κ3) is 3.59. The van der Waals surface area contributed by atoms with Gasteiger partial charge in [0.15, 0.2) is 0 Å². The second-order valence-electron chi connectivity index (χ2n) is 6.55. The van der Waals surface area contributed by atoms with E-state index in [1.54, 1.807) is 30.5 Å². The van der Waals surface area contributed by atoms with Gasteiger partial charge in [0.2, 0.25) is 0 Å². The van der Waals surface area contributed by atoms with Gasteiger partial charge in [0.1, 0.15) is 5.69 Å². The number of imidazole rings is 1. The second-order valence-corrected chi connectivity index (χ2v) is 6.55. The van der Waals surface area contributed by atoms with Crippen LogP contribution in [0.5, 0.6) is 0 Å². The first-order valence-electron chi connectivity index (χ1n) is 8.57. The first kappa shape index (κ1) is 17.7. The SMILES string of the molecule is C=CCN(C)C(=O)c1cncn1-c1ccc(-c2cc(C)cc(C)c2)cc1. The number of carbonyl (C=O) groups excluding carboxylic acids is 1. The Morgan fingerprint density at radius 3 is 2.38 bits per heavy atom. The highest BCUT2D eigenvalue weighted by Crippen LogP contribution is 2.24. The van der Waals surface area contributed by atoms with Crippen LogP contribution < -0.4 is 0 Å². The summed E-state index contributed by atoms with van der Waals surface area (Å²) < 4.78 is 1.81. The van der Waals surface area contributed by atoms with Crippen molar-refractivity contribution in [2.24, 2.45) is 0 Å². The van der Waals surface area contributed by atoms with E-state index in [0.717, 1.165) is 11.3 Å². The summed E-state index contributed by atoms with van der Waals surface area (Å²) in [5.41, 5.74) is 6.28. The largest absolute Gasteiger partial charge is 0.337 e. The Morgan fingerprint density at radius 1 is 1.12 bits per heavy atom. The second kappa shape index (κ2) is 7.40. The zero-order valence-electron chi connectivity index (χ0n) is 15.4. The van der Waals surface area contributed by atoms with E-state index < -0.39 is 0 Å². The summed E-state index contributed by atoms with van der Waals surface area (Å²) in [5, 5.41) is 0. The van der Waals surface area contributed by atoms with Crippen LogP contribution in [0, 0.1) is 13.8 Å². The van der Waals surface area contributed by atoms with Crippen molar-refractivity contribution in [2.45, 2.75) is 13.8 Å². The molecule has 2 aromatic carbocycles. The standard InChI is InChI=1S/C22H23N3O/c1-5-10-24(4)22(26)21-14-23-15-25(21)20-8-6-18(7-9-20)19-12-16(2)11-17(3)13-19/h5-9,11-15H,1,10H2,2-4H3. The molecule has 3 rings (SSSR count). The van der Waals surface area contributed by atoms with Gasteiger partial charge in [-0.1, -0.05) is 47.5 Å². The van der Waals surface area contributed by atoms with Crippen molar-refractivity contribution in [3.05, 3.63) is 84.5 Å². The first-order valence-corrected chi connectivity index (χ1v) is 8.57. The Hall–Kier alpha value is -3.14. The number of amides is 1. The third-order valence-electron chi connectivity index (χ3n) is 4.31. The van der Waals surface area contributed by atoms with Gasteiger partial charge in [-0.3, -0.25) is 9.36 Å². The fraction of sp³-hybridized carbons (Fsp3) is 0.182. The van der Waals surface area contributed by atoms with Crippen molar-refractivity contribution in [3.63, 3.8) is 0 Å². The van der Waals surface area contributed by atoms with E-state index in [-0.39, 0.29) is 5.91 Å². The highest BCUT2D eigenvalue weighted by atomic mass is 16.2. The topological polar surface area (TPSA) is 38.1 Å². The van der Waals surface area contributed by atoms with Crippen molar-refractivity contribution < 1.29 is 4.79 Å². The van der Waals surface area contributed by atoms with Gasteiger partial charge in [0.05, 0.1) is 12.5 Å². The average molecular weight is 345 g/mol. The maximum atomic E-state index is 12.6. The maximum absolute atomic E-state index is 12.6. The van der Waals surface area contributed by atoms with Crippen LogP contribution in [0.25, 0.3) is 16.8 Å². The molecule has 0 radical (unpaired) electrons. The quantitative estimate of drug-likeness (QED) is 0.642. The number of aryl methyl sites for hydroxylation is 2. The molecule has 0 saturated carbocycles. The van der Waals surface area contributed by atoms with Crippen LogP contribution in [0.4, 0.5) is 0 Å². The molecule has 0 atom stereocenters. The third-order valence-corrected chi connectivity index (χ3v) is 4.31. The van der Waals surface area contributed by atoms with Gasteiger partial charge in [-0.2, -0.15) is 0 Å². The molecule has 0 aliphatic heterocycles. The molecular weight excluding hydrogens is 322 g/mol. The van der Waals surface area contributed by atoms with Gasteiger partial charge < -0.3 is 4.90 Å². The van der Waals surface area contributed by atoms with Crippen molar-refractivity contribution in [1.82, 2.24) is 14.5 Å². The lowest BCUT2D eigenvalue weighted by molar-refractivity contribution is 0.0802. The van der Waals surface area contributed by atoms with Gasteiger partial charge in [-0.15, -0.1) is 6.58 Å². The summed E-state index contributed by atoms with van der Waals surface area (Å²) in [6.45, 7) is 8.39. The molecule has 26 heavy (non-hydrogen) atoms. The molecule has 0 bridgehead atoms. The summed E-state index contributed by atoms with van der Waals surface area (Å²) in [7, 11) is 1.75. The van der Waals surface area contributed by atoms with Crippen LogP contribution in [0.15, 0.2) is 67.6 Å². The van der Waals surface area contributed by atoms with Gasteiger partial charge in [0.25, 0.3) is 5.91 Å². The number of hydrogen-bond acceptors (Lipinski definition) is 2. The van der Waals surface area contributed by atoms with Crippen molar-refractivity contribution in [3.8, 4) is 16.8 Å². The minimum absolute atomic E-state index is 0.0826. The van der Waals surface area contributed by atoms with Gasteiger partial charge in [-0.05, 0) is 37.1 Å². The molecule has 3 aromatic rings. The Labute approximate surface area is 154 Å². The molecule has 0 aliphatic carbocycles. The number of likely N-dealkylation sites (N-methyl/N-ethyl adjacent to an activating group) is 1. The molecule has 4 nitrogen and oxygen atoms in total. The Morgan fingerprint density at radius 2 is 1.77 bits per heavy atom. The highest BCUT2D eigenvalue weighted by molar-refractivity contribution is 5.93. The lowest BCUT2D eigenvalue weighted by Crippen LogP contribution is -2.28. The molecule has 0 unspecified atom stereocenters. The van der Waals surface area contributed by atoms with Crippen LogP contribution in [0.2, 0.25) is 0 Å². The molecular formula is C22H23N3O. The average Bonchev–Trinajstić information content (AvgIpc) is 3.10. The van der Waals surface area contributed by atoms with Crippen molar-refractivity contribution in [1.29, 1.82) is 0 Å². The van der Waals surface area contributed by atoms with E-state index in [1.807, 2.05) is 16.7 Å². The predicted octanol–water partition coefficient (Wildman–Crippen LogP) is 4.41. The van der Waals surface area contributed by atoms with Gasteiger partial charge in [0, 0.05) is 19.3 Å². The lowest BCUT2D eigenvalue weighted by Gasteiger charge is -2.16. The molecule has 0 spiro atoms. The summed E-state index contributed by atoms with van der Waals surface area (Å²) in [5.74, 6) is -0.0826. The fourth-order valence-corrected chi connectivity index (χ4v) is 3.09. The summed E-state index contributed by atoms with van der Waals surface area (Å²) in [4.78, 5) is 18.3. The van der Waals surface area contributed by atoms with E-state index in [4.69, 9.17) is 0 Å². The Balaban J connectivity index is 1.91. The van der Waals surface area contributed by atoms with Crippen LogP contribution in [-0.4, -0.2) is 34.0 Å². The maximum Gasteiger partial charge on any atom is 0.272 e. The van der Waals surface area contributed by atoms with Crippen LogP contribution >= 0.6 is 0 Å². The minimum atomic E-state index is -0.0826. The van der Waals surface area contributed by atoms with E-state index in [1.165, 1.54) is 16.7 Å². The zero-order valence-corrected chi connectivity index (χ0v) is 15.4. The minimum Gasteiger partial charge on any atom is -0.337 e. The zero-order chi connectivity index (χ0) is 18.7. The van der Waals surface area contributed by atoms with E-state index >= 15 is 0 Å². The summed E-state index contributed by atoms with van der Waals surface area (Å²) in [6.07, 6.45) is 4.97. The smallest absolute Gasteiger partial charge is 0.272 e. The molecule has 0 saturated heterocycles. The molecule has 1 amide bonds. The summed E-state index contributed by atoms with van der Waals surface area (Å²) in [6, 6.07) is 14.7. The Kier molecular flexibility index (Phi) is 5.03. The fourth-order valence-electron chi connectivity index (χ4n) is 3.09. The number of benzene rings is 2. The molecule has 0 N–H and O–H groups in total. The molecule has 0 fully saturated rings. The van der Waals surface area contributed by atoms with Crippen LogP contribution in [-0.2, 0) is 0 Å². The van der Waals surface area contributed by atoms with Crippen LogP contribution in [0.3, 0.4) is 0 Å². The first-order chi connectivity index (χ1) is 12.5. The molecule has 132 valence electrons. The van der Waals surface area contributed by atoms with Crippen molar-refractivity contribution >= 4 is 5.91 Å². The number of aromatic nitrogens is 2. The normalized spacial score (nSPS) is 10.6.